The van der Waals surface area contributed by atoms with Crippen LogP contribution in [0.2, 0.25) is 0 Å². The van der Waals surface area contributed by atoms with Gasteiger partial charge in [-0.3, -0.25) is 9.69 Å². The minimum atomic E-state index is 0.305. The summed E-state index contributed by atoms with van der Waals surface area (Å²) >= 11 is 0. The molecule has 0 unspecified atom stereocenters. The third kappa shape index (κ3) is 2.95. The van der Waals surface area contributed by atoms with Gasteiger partial charge in [0, 0.05) is 32.7 Å². The SMILES string of the molecule is CC1(C)CCN(CC(=O)N2CCNCC2)C1. The number of rotatable bonds is 2. The van der Waals surface area contributed by atoms with Gasteiger partial charge in [0.15, 0.2) is 0 Å². The van der Waals surface area contributed by atoms with Crippen LogP contribution in [0.5, 0.6) is 0 Å². The van der Waals surface area contributed by atoms with Crippen molar-refractivity contribution in [1.82, 2.24) is 15.1 Å². The van der Waals surface area contributed by atoms with Gasteiger partial charge < -0.3 is 10.2 Å². The first-order valence-electron chi connectivity index (χ1n) is 6.28. The van der Waals surface area contributed by atoms with E-state index in [0.29, 0.717) is 17.9 Å². The highest BCUT2D eigenvalue weighted by atomic mass is 16.2. The molecule has 4 heteroatoms. The van der Waals surface area contributed by atoms with E-state index in [1.54, 1.807) is 0 Å². The van der Waals surface area contributed by atoms with Crippen molar-refractivity contribution in [1.29, 1.82) is 0 Å². The van der Waals surface area contributed by atoms with Crippen molar-refractivity contribution in [2.24, 2.45) is 5.41 Å². The van der Waals surface area contributed by atoms with E-state index in [2.05, 4.69) is 24.1 Å². The third-order valence-electron chi connectivity index (χ3n) is 3.59. The van der Waals surface area contributed by atoms with Gasteiger partial charge in [-0.25, -0.2) is 0 Å². The molecule has 1 N–H and O–H groups in total. The van der Waals surface area contributed by atoms with Gasteiger partial charge in [0.2, 0.25) is 5.91 Å². The largest absolute Gasteiger partial charge is 0.339 e. The second kappa shape index (κ2) is 4.72. The lowest BCUT2D eigenvalue weighted by Gasteiger charge is -2.29. The molecule has 0 spiro atoms. The Morgan fingerprint density at radius 1 is 1.25 bits per heavy atom. The normalized spacial score (nSPS) is 26.0. The number of carbonyl (C=O) groups excluding carboxylic acids is 1. The van der Waals surface area contributed by atoms with E-state index >= 15 is 0 Å². The number of nitrogens with zero attached hydrogens (tertiary/aromatic N) is 2. The molecule has 0 aliphatic carbocycles. The second-order valence-electron chi connectivity index (χ2n) is 5.76. The molecule has 16 heavy (non-hydrogen) atoms. The van der Waals surface area contributed by atoms with Crippen LogP contribution in [0.25, 0.3) is 0 Å². The molecule has 0 saturated carbocycles. The Balaban J connectivity index is 1.79. The molecular formula is C12H23N3O. The van der Waals surface area contributed by atoms with E-state index < -0.39 is 0 Å². The lowest BCUT2D eigenvalue weighted by atomic mass is 9.93. The zero-order valence-electron chi connectivity index (χ0n) is 10.5. The first-order valence-corrected chi connectivity index (χ1v) is 6.28. The highest BCUT2D eigenvalue weighted by Crippen LogP contribution is 2.28. The van der Waals surface area contributed by atoms with Gasteiger partial charge in [-0.05, 0) is 18.4 Å². The highest BCUT2D eigenvalue weighted by molar-refractivity contribution is 5.78. The predicted octanol–water partition coefficient (Wildman–Crippen LogP) is 0.150. The average Bonchev–Trinajstić information content (AvgIpc) is 2.59. The minimum Gasteiger partial charge on any atom is -0.339 e. The van der Waals surface area contributed by atoms with Crippen LogP contribution in [-0.2, 0) is 4.79 Å². The van der Waals surface area contributed by atoms with Crippen LogP contribution in [0, 0.1) is 5.41 Å². The van der Waals surface area contributed by atoms with Crippen molar-refractivity contribution < 1.29 is 4.79 Å². The standard InChI is InChI=1S/C12H23N3O/c1-12(2)3-6-14(10-12)9-11(16)15-7-4-13-5-8-15/h13H,3-10H2,1-2H3. The first kappa shape index (κ1) is 11.9. The Labute approximate surface area is 98.0 Å². The molecule has 1 amide bonds. The quantitative estimate of drug-likeness (QED) is 0.726. The number of hydrogen-bond acceptors (Lipinski definition) is 3. The molecule has 0 atom stereocenters. The van der Waals surface area contributed by atoms with Crippen molar-refractivity contribution in [3.05, 3.63) is 0 Å². The Hall–Kier alpha value is -0.610. The molecular weight excluding hydrogens is 202 g/mol. The lowest BCUT2D eigenvalue weighted by molar-refractivity contribution is -0.132. The topological polar surface area (TPSA) is 35.6 Å². The maximum absolute atomic E-state index is 12.0. The summed E-state index contributed by atoms with van der Waals surface area (Å²) in [7, 11) is 0. The molecule has 92 valence electrons. The summed E-state index contributed by atoms with van der Waals surface area (Å²) in [5, 5.41) is 3.27. The first-order chi connectivity index (χ1) is 7.57. The molecule has 0 aromatic rings. The van der Waals surface area contributed by atoms with E-state index in [9.17, 15) is 4.79 Å². The summed E-state index contributed by atoms with van der Waals surface area (Å²) in [4.78, 5) is 16.3. The summed E-state index contributed by atoms with van der Waals surface area (Å²) < 4.78 is 0. The molecule has 2 aliphatic heterocycles. The third-order valence-corrected chi connectivity index (χ3v) is 3.59. The fraction of sp³-hybridized carbons (Fsp3) is 0.917. The van der Waals surface area contributed by atoms with E-state index in [-0.39, 0.29) is 0 Å². The minimum absolute atomic E-state index is 0.305. The van der Waals surface area contributed by atoms with Crippen LogP contribution in [0.4, 0.5) is 0 Å². The number of carbonyl (C=O) groups is 1. The van der Waals surface area contributed by atoms with Crippen LogP contribution in [-0.4, -0.2) is 61.5 Å². The van der Waals surface area contributed by atoms with Crippen LogP contribution < -0.4 is 5.32 Å². The number of amides is 1. The van der Waals surface area contributed by atoms with Gasteiger partial charge in [0.25, 0.3) is 0 Å². The Morgan fingerprint density at radius 2 is 1.94 bits per heavy atom. The fourth-order valence-corrected chi connectivity index (χ4v) is 2.56. The van der Waals surface area contributed by atoms with Crippen LogP contribution in [0.1, 0.15) is 20.3 Å². The Morgan fingerprint density at radius 3 is 2.50 bits per heavy atom. The predicted molar refractivity (Wildman–Crippen MR) is 64.3 cm³/mol. The van der Waals surface area contributed by atoms with Gasteiger partial charge in [-0.2, -0.15) is 0 Å². The van der Waals surface area contributed by atoms with Gasteiger partial charge in [-0.1, -0.05) is 13.8 Å². The molecule has 2 rings (SSSR count). The fourth-order valence-electron chi connectivity index (χ4n) is 2.56. The van der Waals surface area contributed by atoms with E-state index in [1.165, 1.54) is 6.42 Å². The van der Waals surface area contributed by atoms with Crippen molar-refractivity contribution in [3.63, 3.8) is 0 Å². The number of nitrogens with one attached hydrogen (secondary N) is 1. The van der Waals surface area contributed by atoms with Gasteiger partial charge in [-0.15, -0.1) is 0 Å². The van der Waals surface area contributed by atoms with Crippen molar-refractivity contribution in [3.8, 4) is 0 Å². The van der Waals surface area contributed by atoms with Crippen molar-refractivity contribution in [2.45, 2.75) is 20.3 Å². The zero-order valence-corrected chi connectivity index (χ0v) is 10.5. The van der Waals surface area contributed by atoms with Crippen LogP contribution in [0.3, 0.4) is 0 Å². The van der Waals surface area contributed by atoms with E-state index in [0.717, 1.165) is 39.3 Å². The maximum atomic E-state index is 12.0. The number of piperazine rings is 1. The monoisotopic (exact) mass is 225 g/mol. The number of hydrogen-bond donors (Lipinski definition) is 1. The van der Waals surface area contributed by atoms with Crippen molar-refractivity contribution >= 4 is 5.91 Å². The smallest absolute Gasteiger partial charge is 0.236 e. The lowest BCUT2D eigenvalue weighted by Crippen LogP contribution is -2.49. The molecule has 0 aromatic heterocycles. The van der Waals surface area contributed by atoms with Gasteiger partial charge in [0.1, 0.15) is 0 Å². The molecule has 2 fully saturated rings. The molecule has 0 radical (unpaired) electrons. The molecule has 2 aliphatic rings. The maximum Gasteiger partial charge on any atom is 0.236 e. The molecule has 0 aromatic carbocycles. The zero-order chi connectivity index (χ0) is 11.6. The average molecular weight is 225 g/mol. The van der Waals surface area contributed by atoms with Crippen LogP contribution in [0.15, 0.2) is 0 Å². The van der Waals surface area contributed by atoms with Crippen LogP contribution >= 0.6 is 0 Å². The van der Waals surface area contributed by atoms with Gasteiger partial charge in [0.05, 0.1) is 6.54 Å². The highest BCUT2D eigenvalue weighted by Gasteiger charge is 2.31. The molecule has 0 bridgehead atoms. The molecule has 2 saturated heterocycles. The molecule has 2 heterocycles. The van der Waals surface area contributed by atoms with Crippen molar-refractivity contribution in [2.75, 3.05) is 45.8 Å². The van der Waals surface area contributed by atoms with E-state index in [1.807, 2.05) is 4.90 Å². The summed E-state index contributed by atoms with van der Waals surface area (Å²) in [6.45, 7) is 10.9. The van der Waals surface area contributed by atoms with Gasteiger partial charge >= 0.3 is 0 Å². The summed E-state index contributed by atoms with van der Waals surface area (Å²) in [6, 6.07) is 0. The molecule has 4 nitrogen and oxygen atoms in total. The summed E-state index contributed by atoms with van der Waals surface area (Å²) in [5.74, 6) is 0.305. The van der Waals surface area contributed by atoms with E-state index in [4.69, 9.17) is 0 Å². The summed E-state index contributed by atoms with van der Waals surface area (Å²) in [6.07, 6.45) is 1.21. The Kier molecular flexibility index (Phi) is 3.50. The number of likely N-dealkylation sites (tertiary alicyclic amines) is 1. The second-order valence-corrected chi connectivity index (χ2v) is 5.76. The summed E-state index contributed by atoms with van der Waals surface area (Å²) in [5.41, 5.74) is 0.393. The Bertz CT molecular complexity index is 259.